The van der Waals surface area contributed by atoms with E-state index in [1.54, 1.807) is 6.92 Å². The van der Waals surface area contributed by atoms with Crippen LogP contribution in [0, 0.1) is 0 Å². The van der Waals surface area contributed by atoms with E-state index < -0.39 is 0 Å². The van der Waals surface area contributed by atoms with Crippen molar-refractivity contribution in [3.8, 4) is 0 Å². The summed E-state index contributed by atoms with van der Waals surface area (Å²) >= 11 is 0. The number of ketones is 1. The molecule has 0 unspecified atom stereocenters. The molecule has 0 atom stereocenters. The zero-order chi connectivity index (χ0) is 12.4. The molecule has 0 saturated heterocycles. The van der Waals surface area contributed by atoms with Crippen molar-refractivity contribution < 1.29 is 9.21 Å². The Balaban J connectivity index is 2.46. The zero-order valence-corrected chi connectivity index (χ0v) is 10.5. The van der Waals surface area contributed by atoms with E-state index in [0.717, 1.165) is 35.3 Å². The van der Waals surface area contributed by atoms with Crippen LogP contribution in [0.5, 0.6) is 0 Å². The lowest BCUT2D eigenvalue weighted by Crippen LogP contribution is -2.15. The standard InChI is InChI=1S/C14H17NO2/c1-10(16)14-11-6-4-5-7-12(11)17-13(14)8-9-15(2)3/h4-7H,8-9H2,1-3H3. The van der Waals surface area contributed by atoms with Gasteiger partial charge in [0.1, 0.15) is 11.3 Å². The number of likely N-dealkylation sites (N-methyl/N-ethyl adjacent to an activating group) is 1. The number of hydrogen-bond acceptors (Lipinski definition) is 3. The topological polar surface area (TPSA) is 33.5 Å². The molecule has 0 aliphatic heterocycles. The minimum absolute atomic E-state index is 0.0729. The number of fused-ring (bicyclic) bond motifs is 1. The Kier molecular flexibility index (Phi) is 3.29. The Morgan fingerprint density at radius 3 is 2.65 bits per heavy atom. The fraction of sp³-hybridized carbons (Fsp3) is 0.357. The Morgan fingerprint density at radius 2 is 2.00 bits per heavy atom. The van der Waals surface area contributed by atoms with Crippen molar-refractivity contribution >= 4 is 16.8 Å². The fourth-order valence-corrected chi connectivity index (χ4v) is 1.98. The Morgan fingerprint density at radius 1 is 1.29 bits per heavy atom. The van der Waals surface area contributed by atoms with Gasteiger partial charge in [0.25, 0.3) is 0 Å². The summed E-state index contributed by atoms with van der Waals surface area (Å²) in [5.74, 6) is 0.871. The van der Waals surface area contributed by atoms with Gasteiger partial charge in [-0.1, -0.05) is 18.2 Å². The van der Waals surface area contributed by atoms with Gasteiger partial charge < -0.3 is 9.32 Å². The van der Waals surface area contributed by atoms with Gasteiger partial charge in [-0.25, -0.2) is 0 Å². The first-order valence-electron chi connectivity index (χ1n) is 5.75. The molecule has 1 aromatic carbocycles. The summed E-state index contributed by atoms with van der Waals surface area (Å²) in [5.41, 5.74) is 1.54. The van der Waals surface area contributed by atoms with Crippen LogP contribution in [-0.2, 0) is 6.42 Å². The predicted molar refractivity (Wildman–Crippen MR) is 68.5 cm³/mol. The first-order valence-corrected chi connectivity index (χ1v) is 5.75. The molecule has 2 rings (SSSR count). The number of carbonyl (C=O) groups excluding carboxylic acids is 1. The van der Waals surface area contributed by atoms with Crippen molar-refractivity contribution in [2.24, 2.45) is 0 Å². The molecule has 1 aromatic heterocycles. The lowest BCUT2D eigenvalue weighted by molar-refractivity contribution is 0.101. The van der Waals surface area contributed by atoms with Crippen LogP contribution >= 0.6 is 0 Å². The van der Waals surface area contributed by atoms with Crippen LogP contribution in [0.4, 0.5) is 0 Å². The van der Waals surface area contributed by atoms with Crippen molar-refractivity contribution in [1.82, 2.24) is 4.90 Å². The SMILES string of the molecule is CC(=O)c1c(CCN(C)C)oc2ccccc12. The quantitative estimate of drug-likeness (QED) is 0.759. The molecule has 2 aromatic rings. The summed E-state index contributed by atoms with van der Waals surface area (Å²) in [5, 5.41) is 0.925. The van der Waals surface area contributed by atoms with Crippen molar-refractivity contribution in [3.05, 3.63) is 35.6 Å². The largest absolute Gasteiger partial charge is 0.460 e. The van der Waals surface area contributed by atoms with Gasteiger partial charge in [-0.3, -0.25) is 4.79 Å². The van der Waals surface area contributed by atoms with Crippen molar-refractivity contribution in [1.29, 1.82) is 0 Å². The molecule has 1 heterocycles. The maximum absolute atomic E-state index is 11.7. The van der Waals surface area contributed by atoms with Crippen LogP contribution in [0.3, 0.4) is 0 Å². The lowest BCUT2D eigenvalue weighted by Gasteiger charge is -2.07. The third-order valence-corrected chi connectivity index (χ3v) is 2.81. The number of para-hydroxylation sites is 1. The molecule has 0 radical (unpaired) electrons. The Bertz CT molecular complexity index is 540. The second kappa shape index (κ2) is 4.72. The van der Waals surface area contributed by atoms with E-state index in [1.165, 1.54) is 0 Å². The molecule has 0 N–H and O–H groups in total. The van der Waals surface area contributed by atoms with E-state index in [0.29, 0.717) is 0 Å². The normalized spacial score (nSPS) is 11.3. The number of Topliss-reactive ketones (excluding diaryl/α,β-unsaturated/α-hetero) is 1. The third kappa shape index (κ3) is 2.39. The highest BCUT2D eigenvalue weighted by Gasteiger charge is 2.17. The maximum Gasteiger partial charge on any atom is 0.163 e. The first-order chi connectivity index (χ1) is 8.09. The highest BCUT2D eigenvalue weighted by atomic mass is 16.3. The Labute approximate surface area is 101 Å². The second-order valence-corrected chi connectivity index (χ2v) is 4.51. The van der Waals surface area contributed by atoms with Gasteiger partial charge in [0.2, 0.25) is 0 Å². The molecule has 0 bridgehead atoms. The summed E-state index contributed by atoms with van der Waals surface area (Å²) < 4.78 is 5.76. The highest BCUT2D eigenvalue weighted by molar-refractivity contribution is 6.07. The van der Waals surface area contributed by atoms with Crippen molar-refractivity contribution in [2.75, 3.05) is 20.6 Å². The van der Waals surface area contributed by atoms with Gasteiger partial charge in [-0.2, -0.15) is 0 Å². The van der Waals surface area contributed by atoms with E-state index in [2.05, 4.69) is 4.90 Å². The van der Waals surface area contributed by atoms with E-state index in [4.69, 9.17) is 4.42 Å². The Hall–Kier alpha value is -1.61. The minimum atomic E-state index is 0.0729. The molecule has 90 valence electrons. The van der Waals surface area contributed by atoms with Gasteiger partial charge >= 0.3 is 0 Å². The lowest BCUT2D eigenvalue weighted by atomic mass is 10.1. The molecule has 0 amide bonds. The number of nitrogens with zero attached hydrogens (tertiary/aromatic N) is 1. The van der Waals surface area contributed by atoms with Gasteiger partial charge in [-0.05, 0) is 27.1 Å². The van der Waals surface area contributed by atoms with E-state index in [1.807, 2.05) is 38.4 Å². The smallest absolute Gasteiger partial charge is 0.163 e. The molecule has 3 heteroatoms. The fourth-order valence-electron chi connectivity index (χ4n) is 1.98. The summed E-state index contributed by atoms with van der Waals surface area (Å²) in [7, 11) is 4.02. The molecule has 0 saturated carbocycles. The summed E-state index contributed by atoms with van der Waals surface area (Å²) in [6, 6.07) is 7.70. The van der Waals surface area contributed by atoms with Gasteiger partial charge in [0.15, 0.2) is 5.78 Å². The zero-order valence-electron chi connectivity index (χ0n) is 10.5. The third-order valence-electron chi connectivity index (χ3n) is 2.81. The molecule has 0 spiro atoms. The van der Waals surface area contributed by atoms with Crippen molar-refractivity contribution in [2.45, 2.75) is 13.3 Å². The molecule has 17 heavy (non-hydrogen) atoms. The molecule has 0 aliphatic rings. The van der Waals surface area contributed by atoms with Crippen LogP contribution in [0.1, 0.15) is 23.0 Å². The molecule has 0 aliphatic carbocycles. The molecular formula is C14H17NO2. The first kappa shape index (κ1) is 11.9. The summed E-state index contributed by atoms with van der Waals surface area (Å²) in [6.45, 7) is 2.47. The minimum Gasteiger partial charge on any atom is -0.460 e. The van der Waals surface area contributed by atoms with Crippen LogP contribution in [0.2, 0.25) is 0 Å². The summed E-state index contributed by atoms with van der Waals surface area (Å²) in [6.07, 6.45) is 0.761. The second-order valence-electron chi connectivity index (χ2n) is 4.51. The van der Waals surface area contributed by atoms with Gasteiger partial charge in [-0.15, -0.1) is 0 Å². The number of carbonyl (C=O) groups is 1. The van der Waals surface area contributed by atoms with Crippen LogP contribution in [0.25, 0.3) is 11.0 Å². The van der Waals surface area contributed by atoms with E-state index >= 15 is 0 Å². The maximum atomic E-state index is 11.7. The molecular weight excluding hydrogens is 214 g/mol. The summed E-state index contributed by atoms with van der Waals surface area (Å²) in [4.78, 5) is 13.8. The monoisotopic (exact) mass is 231 g/mol. The molecule has 0 fully saturated rings. The number of hydrogen-bond donors (Lipinski definition) is 0. The van der Waals surface area contributed by atoms with Crippen LogP contribution in [0.15, 0.2) is 28.7 Å². The average molecular weight is 231 g/mol. The van der Waals surface area contributed by atoms with Crippen molar-refractivity contribution in [3.63, 3.8) is 0 Å². The van der Waals surface area contributed by atoms with E-state index in [9.17, 15) is 4.79 Å². The molecule has 3 nitrogen and oxygen atoms in total. The average Bonchev–Trinajstić information content (AvgIpc) is 2.64. The predicted octanol–water partition coefficient (Wildman–Crippen LogP) is 2.74. The highest BCUT2D eigenvalue weighted by Crippen LogP contribution is 2.26. The van der Waals surface area contributed by atoms with Gasteiger partial charge in [0, 0.05) is 18.4 Å². The van der Waals surface area contributed by atoms with Crippen LogP contribution < -0.4 is 0 Å². The van der Waals surface area contributed by atoms with Gasteiger partial charge in [0.05, 0.1) is 5.56 Å². The number of rotatable bonds is 4. The number of furan rings is 1. The van der Waals surface area contributed by atoms with Crippen LogP contribution in [-0.4, -0.2) is 31.3 Å². The number of benzene rings is 1. The van der Waals surface area contributed by atoms with E-state index in [-0.39, 0.29) is 5.78 Å².